The number of H-pyrrole nitrogens is 1. The van der Waals surface area contributed by atoms with Crippen molar-refractivity contribution in [3.05, 3.63) is 41.4 Å². The molecule has 0 aliphatic rings. The van der Waals surface area contributed by atoms with Crippen LogP contribution in [0.15, 0.2) is 35.6 Å². The monoisotopic (exact) mass is 272 g/mol. The van der Waals surface area contributed by atoms with Gasteiger partial charge in [0.1, 0.15) is 10.0 Å². The number of pyridine rings is 1. The van der Waals surface area contributed by atoms with Crippen LogP contribution in [0.1, 0.15) is 5.56 Å². The molecule has 2 aromatic heterocycles. The van der Waals surface area contributed by atoms with Crippen molar-refractivity contribution in [3.63, 3.8) is 0 Å². The molecular weight excluding hydrogens is 264 g/mol. The van der Waals surface area contributed by atoms with E-state index in [2.05, 4.69) is 19.9 Å². The number of sulfonamides is 1. The molecule has 0 atom stereocenters. The van der Waals surface area contributed by atoms with Gasteiger partial charge in [0.2, 0.25) is 10.0 Å². The van der Waals surface area contributed by atoms with Crippen LogP contribution in [-0.4, -0.2) is 23.6 Å². The van der Waals surface area contributed by atoms with Gasteiger partial charge in [0.05, 0.1) is 6.20 Å². The van der Waals surface area contributed by atoms with E-state index in [1.165, 1.54) is 18.3 Å². The van der Waals surface area contributed by atoms with Crippen molar-refractivity contribution in [2.24, 2.45) is 0 Å². The summed E-state index contributed by atoms with van der Waals surface area (Å²) in [6.45, 7) is 0.168. The van der Waals surface area contributed by atoms with Gasteiger partial charge in [0, 0.05) is 24.5 Å². The van der Waals surface area contributed by atoms with E-state index in [0.717, 1.165) is 5.56 Å². The molecule has 2 aromatic rings. The Morgan fingerprint density at radius 2 is 2.18 bits per heavy atom. The molecule has 0 amide bonds. The molecule has 2 heterocycles. The molecule has 0 radical (unpaired) electrons. The summed E-state index contributed by atoms with van der Waals surface area (Å²) in [7, 11) is -3.57. The van der Waals surface area contributed by atoms with Crippen molar-refractivity contribution in [1.29, 1.82) is 0 Å². The number of aromatic nitrogens is 3. The Morgan fingerprint density at radius 1 is 1.35 bits per heavy atom. The molecule has 0 bridgehead atoms. The lowest BCUT2D eigenvalue weighted by molar-refractivity contribution is 0.581. The van der Waals surface area contributed by atoms with Crippen LogP contribution in [-0.2, 0) is 16.6 Å². The summed E-state index contributed by atoms with van der Waals surface area (Å²) < 4.78 is 26.1. The van der Waals surface area contributed by atoms with Crippen molar-refractivity contribution in [3.8, 4) is 0 Å². The zero-order chi connectivity index (χ0) is 12.3. The highest BCUT2D eigenvalue weighted by Crippen LogP contribution is 2.11. The minimum absolute atomic E-state index is 0.0744. The minimum atomic E-state index is -3.57. The van der Waals surface area contributed by atoms with Gasteiger partial charge in [0.25, 0.3) is 0 Å². The van der Waals surface area contributed by atoms with Crippen LogP contribution in [0.3, 0.4) is 0 Å². The Bertz CT molecular complexity index is 580. The summed E-state index contributed by atoms with van der Waals surface area (Å²) in [5.74, 6) is 0. The standard InChI is InChI=1S/C9H9ClN4O2S/c10-9-2-1-8(6-11-9)17(15,16)14-5-7-3-12-13-4-7/h1-4,6,14H,5H2,(H,12,13). The average molecular weight is 273 g/mol. The van der Waals surface area contributed by atoms with Crippen LogP contribution in [0.4, 0.5) is 0 Å². The number of halogens is 1. The van der Waals surface area contributed by atoms with E-state index < -0.39 is 10.0 Å². The molecule has 90 valence electrons. The third-order valence-electron chi connectivity index (χ3n) is 2.03. The van der Waals surface area contributed by atoms with Gasteiger partial charge in [-0.3, -0.25) is 5.10 Å². The quantitative estimate of drug-likeness (QED) is 0.811. The highest BCUT2D eigenvalue weighted by atomic mass is 35.5. The van der Waals surface area contributed by atoms with Crippen LogP contribution >= 0.6 is 11.6 Å². The summed E-state index contributed by atoms with van der Waals surface area (Å²) >= 11 is 5.58. The molecule has 6 nitrogen and oxygen atoms in total. The summed E-state index contributed by atoms with van der Waals surface area (Å²) in [6, 6.07) is 2.82. The minimum Gasteiger partial charge on any atom is -0.285 e. The maximum Gasteiger partial charge on any atom is 0.242 e. The third kappa shape index (κ3) is 3.02. The fourth-order valence-electron chi connectivity index (χ4n) is 1.16. The summed E-state index contributed by atoms with van der Waals surface area (Å²) in [4.78, 5) is 3.79. The molecule has 0 aromatic carbocycles. The lowest BCUT2D eigenvalue weighted by atomic mass is 10.4. The van der Waals surface area contributed by atoms with Gasteiger partial charge < -0.3 is 0 Å². The SMILES string of the molecule is O=S(=O)(NCc1cn[nH]c1)c1ccc(Cl)nc1. The van der Waals surface area contributed by atoms with Crippen LogP contribution in [0.25, 0.3) is 0 Å². The van der Waals surface area contributed by atoms with Crippen LogP contribution in [0.2, 0.25) is 5.15 Å². The maximum atomic E-state index is 11.8. The van der Waals surface area contributed by atoms with E-state index in [1.807, 2.05) is 0 Å². The zero-order valence-corrected chi connectivity index (χ0v) is 10.2. The van der Waals surface area contributed by atoms with E-state index in [9.17, 15) is 8.42 Å². The summed E-state index contributed by atoms with van der Waals surface area (Å²) in [6.07, 6.45) is 4.37. The highest BCUT2D eigenvalue weighted by molar-refractivity contribution is 7.89. The lowest BCUT2D eigenvalue weighted by Gasteiger charge is -2.04. The molecule has 0 unspecified atom stereocenters. The largest absolute Gasteiger partial charge is 0.285 e. The smallest absolute Gasteiger partial charge is 0.242 e. The van der Waals surface area contributed by atoms with E-state index in [1.54, 1.807) is 12.4 Å². The molecule has 2 N–H and O–H groups in total. The predicted octanol–water partition coefficient (Wildman–Crippen LogP) is 0.937. The maximum absolute atomic E-state index is 11.8. The van der Waals surface area contributed by atoms with Gasteiger partial charge in [-0.15, -0.1) is 0 Å². The van der Waals surface area contributed by atoms with E-state index >= 15 is 0 Å². The predicted molar refractivity (Wildman–Crippen MR) is 61.9 cm³/mol. The van der Waals surface area contributed by atoms with E-state index in [0.29, 0.717) is 0 Å². The fraction of sp³-hybridized carbons (Fsp3) is 0.111. The van der Waals surface area contributed by atoms with Crippen molar-refractivity contribution in [2.75, 3.05) is 0 Å². The van der Waals surface area contributed by atoms with Gasteiger partial charge in [-0.05, 0) is 12.1 Å². The normalized spacial score (nSPS) is 11.6. The molecule has 2 rings (SSSR count). The zero-order valence-electron chi connectivity index (χ0n) is 8.59. The molecule has 0 spiro atoms. The van der Waals surface area contributed by atoms with E-state index in [4.69, 9.17) is 11.6 Å². The second-order valence-electron chi connectivity index (χ2n) is 3.25. The summed E-state index contributed by atoms with van der Waals surface area (Å²) in [5.41, 5.74) is 0.746. The number of aromatic amines is 1. The Labute approximate surface area is 103 Å². The van der Waals surface area contributed by atoms with Crippen LogP contribution in [0.5, 0.6) is 0 Å². The number of hydrogen-bond acceptors (Lipinski definition) is 4. The fourth-order valence-corrected chi connectivity index (χ4v) is 2.23. The number of rotatable bonds is 4. The molecule has 17 heavy (non-hydrogen) atoms. The molecule has 0 aliphatic heterocycles. The van der Waals surface area contributed by atoms with E-state index in [-0.39, 0.29) is 16.6 Å². The first-order chi connectivity index (χ1) is 8.08. The topological polar surface area (TPSA) is 87.7 Å². The van der Waals surface area contributed by atoms with Crippen molar-refractivity contribution in [1.82, 2.24) is 19.9 Å². The first-order valence-corrected chi connectivity index (χ1v) is 6.53. The number of hydrogen-bond donors (Lipinski definition) is 2. The highest BCUT2D eigenvalue weighted by Gasteiger charge is 2.14. The molecule has 0 saturated carbocycles. The summed E-state index contributed by atoms with van der Waals surface area (Å²) in [5, 5.41) is 6.57. The number of nitrogens with one attached hydrogen (secondary N) is 2. The van der Waals surface area contributed by atoms with Crippen molar-refractivity contribution < 1.29 is 8.42 Å². The lowest BCUT2D eigenvalue weighted by Crippen LogP contribution is -2.23. The van der Waals surface area contributed by atoms with Gasteiger partial charge >= 0.3 is 0 Å². The Balaban J connectivity index is 2.11. The van der Waals surface area contributed by atoms with Gasteiger partial charge in [0.15, 0.2) is 0 Å². The molecule has 0 fully saturated rings. The van der Waals surface area contributed by atoms with Crippen molar-refractivity contribution in [2.45, 2.75) is 11.4 Å². The molecular formula is C9H9ClN4O2S. The number of nitrogens with zero attached hydrogens (tertiary/aromatic N) is 2. The second-order valence-corrected chi connectivity index (χ2v) is 5.40. The molecule has 0 saturated heterocycles. The second kappa shape index (κ2) is 4.82. The first-order valence-electron chi connectivity index (χ1n) is 4.67. The van der Waals surface area contributed by atoms with Gasteiger partial charge in [-0.2, -0.15) is 5.10 Å². The first kappa shape index (κ1) is 12.0. The van der Waals surface area contributed by atoms with Gasteiger partial charge in [-0.25, -0.2) is 18.1 Å². The molecule has 8 heteroatoms. The Kier molecular flexibility index (Phi) is 3.41. The molecule has 0 aliphatic carbocycles. The Morgan fingerprint density at radius 3 is 2.76 bits per heavy atom. The van der Waals surface area contributed by atoms with Crippen LogP contribution < -0.4 is 4.72 Å². The van der Waals surface area contributed by atoms with Gasteiger partial charge in [-0.1, -0.05) is 11.6 Å². The average Bonchev–Trinajstić information content (AvgIpc) is 2.80. The van der Waals surface area contributed by atoms with Crippen molar-refractivity contribution >= 4 is 21.6 Å². The third-order valence-corrected chi connectivity index (χ3v) is 3.64. The van der Waals surface area contributed by atoms with Crippen LogP contribution in [0, 0.1) is 0 Å². The Hall–Kier alpha value is -1.44.